The van der Waals surface area contributed by atoms with Gasteiger partial charge in [0.1, 0.15) is 16.4 Å². The lowest BCUT2D eigenvalue weighted by Gasteiger charge is -2.19. The highest BCUT2D eigenvalue weighted by atomic mass is 35.5. The minimum absolute atomic E-state index is 0.0250. The first kappa shape index (κ1) is 17.4. The van der Waals surface area contributed by atoms with Crippen molar-refractivity contribution in [1.82, 2.24) is 0 Å². The molecule has 1 aliphatic rings. The van der Waals surface area contributed by atoms with Crippen molar-refractivity contribution in [3.63, 3.8) is 0 Å². The molecule has 2 N–H and O–H groups in total. The minimum atomic E-state index is -3.93. The van der Waals surface area contributed by atoms with Crippen molar-refractivity contribution in [1.29, 1.82) is 0 Å². The molecule has 9 heteroatoms. The van der Waals surface area contributed by atoms with E-state index in [-0.39, 0.29) is 28.2 Å². The molecular formula is C16H15ClN2O5S. The number of carbonyl (C=O) groups is 1. The Balaban J connectivity index is 1.88. The lowest BCUT2D eigenvalue weighted by atomic mass is 10.2. The third kappa shape index (κ3) is 3.80. The molecule has 132 valence electrons. The van der Waals surface area contributed by atoms with E-state index in [1.54, 1.807) is 24.3 Å². The van der Waals surface area contributed by atoms with Gasteiger partial charge in [-0.15, -0.1) is 0 Å². The number of halogens is 1. The molecule has 25 heavy (non-hydrogen) atoms. The molecule has 2 aromatic rings. The van der Waals surface area contributed by atoms with E-state index < -0.39 is 10.0 Å². The number of anilines is 2. The first-order valence-corrected chi connectivity index (χ1v) is 9.27. The van der Waals surface area contributed by atoms with Gasteiger partial charge < -0.3 is 14.8 Å². The van der Waals surface area contributed by atoms with Crippen LogP contribution in [0.3, 0.4) is 0 Å². The van der Waals surface area contributed by atoms with Gasteiger partial charge in [-0.2, -0.15) is 0 Å². The number of hydrogen-bond donors (Lipinski definition) is 2. The maximum Gasteiger partial charge on any atom is 0.263 e. The van der Waals surface area contributed by atoms with E-state index in [4.69, 9.17) is 21.1 Å². The van der Waals surface area contributed by atoms with Crippen molar-refractivity contribution in [2.24, 2.45) is 0 Å². The zero-order valence-corrected chi connectivity index (χ0v) is 14.8. The van der Waals surface area contributed by atoms with Crippen molar-refractivity contribution in [2.75, 3.05) is 23.3 Å². The number of benzene rings is 2. The smallest absolute Gasteiger partial charge is 0.263 e. The SMILES string of the molecule is CCOc1ccc(NS(=O)(=O)c2cc3c(cc2Cl)NC(=O)CO3)cc1. The average molecular weight is 383 g/mol. The molecule has 0 atom stereocenters. The number of nitrogens with one attached hydrogen (secondary N) is 2. The van der Waals surface area contributed by atoms with Crippen LogP contribution in [-0.4, -0.2) is 27.5 Å². The molecule has 0 spiro atoms. The molecule has 1 aliphatic heterocycles. The number of hydrogen-bond acceptors (Lipinski definition) is 5. The van der Waals surface area contributed by atoms with Gasteiger partial charge in [-0.3, -0.25) is 9.52 Å². The molecule has 1 amide bonds. The second-order valence-electron chi connectivity index (χ2n) is 5.18. The van der Waals surface area contributed by atoms with Gasteiger partial charge in [-0.1, -0.05) is 11.6 Å². The van der Waals surface area contributed by atoms with E-state index in [9.17, 15) is 13.2 Å². The highest BCUT2D eigenvalue weighted by Crippen LogP contribution is 2.36. The highest BCUT2D eigenvalue weighted by molar-refractivity contribution is 7.92. The van der Waals surface area contributed by atoms with E-state index in [0.717, 1.165) is 0 Å². The maximum atomic E-state index is 12.6. The van der Waals surface area contributed by atoms with Crippen LogP contribution in [0, 0.1) is 0 Å². The number of rotatable bonds is 5. The number of carbonyl (C=O) groups excluding carboxylic acids is 1. The first-order chi connectivity index (χ1) is 11.9. The Morgan fingerprint density at radius 3 is 2.68 bits per heavy atom. The van der Waals surface area contributed by atoms with Crippen molar-refractivity contribution in [3.05, 3.63) is 41.4 Å². The number of ether oxygens (including phenoxy) is 2. The second-order valence-corrected chi connectivity index (χ2v) is 7.24. The summed E-state index contributed by atoms with van der Waals surface area (Å²) >= 11 is 6.08. The predicted octanol–water partition coefficient (Wildman–Crippen LogP) is 2.87. The van der Waals surface area contributed by atoms with Gasteiger partial charge in [-0.05, 0) is 37.3 Å². The van der Waals surface area contributed by atoms with Crippen LogP contribution in [0.2, 0.25) is 5.02 Å². The number of sulfonamides is 1. The summed E-state index contributed by atoms with van der Waals surface area (Å²) in [5.41, 5.74) is 0.702. The van der Waals surface area contributed by atoms with Crippen LogP contribution >= 0.6 is 11.6 Å². The summed E-state index contributed by atoms with van der Waals surface area (Å²) in [5.74, 6) is 0.559. The number of fused-ring (bicyclic) bond motifs is 1. The summed E-state index contributed by atoms with van der Waals surface area (Å²) < 4.78 is 38.2. The van der Waals surface area contributed by atoms with Crippen molar-refractivity contribution in [3.8, 4) is 11.5 Å². The van der Waals surface area contributed by atoms with Gasteiger partial charge in [0.2, 0.25) is 0 Å². The van der Waals surface area contributed by atoms with Gasteiger partial charge in [0, 0.05) is 11.8 Å². The van der Waals surface area contributed by atoms with Gasteiger partial charge in [0.15, 0.2) is 6.61 Å². The standard InChI is InChI=1S/C16H15ClN2O5S/c1-2-23-11-5-3-10(4-6-11)19-25(21,22)15-8-14-13(7-12(15)17)18-16(20)9-24-14/h3-8,19H,2,9H2,1H3,(H,18,20). The molecular weight excluding hydrogens is 368 g/mol. The van der Waals surface area contributed by atoms with E-state index in [0.29, 0.717) is 23.7 Å². The van der Waals surface area contributed by atoms with Crippen LogP contribution in [0.15, 0.2) is 41.3 Å². The lowest BCUT2D eigenvalue weighted by Crippen LogP contribution is -2.25. The summed E-state index contributed by atoms with van der Waals surface area (Å²) in [7, 11) is -3.93. The van der Waals surface area contributed by atoms with Crippen LogP contribution in [0.1, 0.15) is 6.92 Å². The fourth-order valence-electron chi connectivity index (χ4n) is 2.28. The lowest BCUT2D eigenvalue weighted by molar-refractivity contribution is -0.118. The number of amides is 1. The fourth-order valence-corrected chi connectivity index (χ4v) is 3.89. The largest absolute Gasteiger partial charge is 0.494 e. The molecule has 2 aromatic carbocycles. The summed E-state index contributed by atoms with van der Waals surface area (Å²) in [4.78, 5) is 11.2. The monoisotopic (exact) mass is 382 g/mol. The van der Waals surface area contributed by atoms with E-state index in [2.05, 4.69) is 10.0 Å². The first-order valence-electron chi connectivity index (χ1n) is 7.41. The Kier molecular flexibility index (Phi) is 4.73. The molecule has 1 heterocycles. The van der Waals surface area contributed by atoms with Gasteiger partial charge in [-0.25, -0.2) is 8.42 Å². The van der Waals surface area contributed by atoms with Gasteiger partial charge in [0.05, 0.1) is 17.3 Å². The molecule has 0 saturated heterocycles. The van der Waals surface area contributed by atoms with Crippen LogP contribution < -0.4 is 19.5 Å². The van der Waals surface area contributed by atoms with E-state index in [1.807, 2.05) is 6.92 Å². The summed E-state index contributed by atoms with van der Waals surface area (Å²) in [6.07, 6.45) is 0. The maximum absolute atomic E-state index is 12.6. The van der Waals surface area contributed by atoms with Crippen molar-refractivity contribution in [2.45, 2.75) is 11.8 Å². The summed E-state index contributed by atoms with van der Waals surface area (Å²) in [6.45, 7) is 2.20. The van der Waals surface area contributed by atoms with Crippen molar-refractivity contribution >= 4 is 38.9 Å². The van der Waals surface area contributed by atoms with Crippen molar-refractivity contribution < 1.29 is 22.7 Å². The molecule has 0 bridgehead atoms. The summed E-state index contributed by atoms with van der Waals surface area (Å²) in [6, 6.07) is 9.13. The Labute approximate surface area is 149 Å². The quantitative estimate of drug-likeness (QED) is 0.829. The summed E-state index contributed by atoms with van der Waals surface area (Å²) in [5, 5.41) is 2.54. The second kappa shape index (κ2) is 6.81. The molecule has 0 aliphatic carbocycles. The molecule has 7 nitrogen and oxygen atoms in total. The van der Waals surface area contributed by atoms with E-state index >= 15 is 0 Å². The molecule has 3 rings (SSSR count). The molecule has 0 saturated carbocycles. The molecule has 0 aromatic heterocycles. The minimum Gasteiger partial charge on any atom is -0.494 e. The predicted molar refractivity (Wildman–Crippen MR) is 94.0 cm³/mol. The Morgan fingerprint density at radius 2 is 2.00 bits per heavy atom. The zero-order chi connectivity index (χ0) is 18.0. The average Bonchev–Trinajstić information content (AvgIpc) is 2.55. The van der Waals surface area contributed by atoms with E-state index in [1.165, 1.54) is 12.1 Å². The fraction of sp³-hybridized carbons (Fsp3) is 0.188. The topological polar surface area (TPSA) is 93.7 Å². The van der Waals surface area contributed by atoms with Gasteiger partial charge >= 0.3 is 0 Å². The van der Waals surface area contributed by atoms with Crippen LogP contribution in [0.5, 0.6) is 11.5 Å². The molecule has 0 unspecified atom stereocenters. The third-order valence-corrected chi connectivity index (χ3v) is 5.22. The zero-order valence-electron chi connectivity index (χ0n) is 13.2. The Bertz CT molecular complexity index is 913. The van der Waals surface area contributed by atoms with Crippen LogP contribution in [-0.2, 0) is 14.8 Å². The van der Waals surface area contributed by atoms with Gasteiger partial charge in [0.25, 0.3) is 15.9 Å². The highest BCUT2D eigenvalue weighted by Gasteiger charge is 2.24. The normalized spacial score (nSPS) is 13.4. The third-order valence-electron chi connectivity index (χ3n) is 3.37. The van der Waals surface area contributed by atoms with Crippen LogP contribution in [0.4, 0.5) is 11.4 Å². The Hall–Kier alpha value is -2.45. The Morgan fingerprint density at radius 1 is 1.28 bits per heavy atom. The van der Waals surface area contributed by atoms with Crippen LogP contribution in [0.25, 0.3) is 0 Å². The molecule has 0 radical (unpaired) electrons. The molecule has 0 fully saturated rings.